The molecule has 1 unspecified atom stereocenters. The maximum Gasteiger partial charge on any atom is 0.338 e. The first-order valence-electron chi connectivity index (χ1n) is 11.3. The van der Waals surface area contributed by atoms with Crippen LogP contribution < -0.4 is 11.2 Å². The highest BCUT2D eigenvalue weighted by Crippen LogP contribution is 2.25. The number of aromatic nitrogens is 4. The van der Waals surface area contributed by atoms with E-state index >= 15 is 0 Å². The Morgan fingerprint density at radius 2 is 1.75 bits per heavy atom. The predicted molar refractivity (Wildman–Crippen MR) is 133 cm³/mol. The zero-order chi connectivity index (χ0) is 25.4. The molecule has 1 N–H and O–H groups in total. The number of ether oxygens (including phenoxy) is 1. The number of aryl methyl sites for hydroxylation is 2. The normalized spacial score (nSPS) is 12.0. The fraction of sp³-hybridized carbons (Fsp3) is 0.148. The van der Waals surface area contributed by atoms with Crippen molar-refractivity contribution in [1.29, 1.82) is 0 Å². The first-order chi connectivity index (χ1) is 17.3. The van der Waals surface area contributed by atoms with E-state index in [0.29, 0.717) is 11.6 Å². The lowest BCUT2D eigenvalue weighted by molar-refractivity contribution is 0.0280. The predicted octanol–water partition coefficient (Wildman–Crippen LogP) is 4.26. The average molecular weight is 482 g/mol. The number of carbonyl (C=O) groups excluding carboxylic acids is 1. The fourth-order valence-corrected chi connectivity index (χ4v) is 3.83. The lowest BCUT2D eigenvalue weighted by Crippen LogP contribution is -2.33. The maximum atomic E-state index is 13.0. The third-order valence-corrected chi connectivity index (χ3v) is 5.97. The van der Waals surface area contributed by atoms with Gasteiger partial charge in [-0.15, -0.1) is 10.2 Å². The molecule has 0 fully saturated rings. The van der Waals surface area contributed by atoms with Crippen molar-refractivity contribution in [2.24, 2.45) is 0 Å². The van der Waals surface area contributed by atoms with Crippen LogP contribution in [0.25, 0.3) is 28.0 Å². The maximum absolute atomic E-state index is 13.0. The molecule has 2 aromatic heterocycles. The summed E-state index contributed by atoms with van der Waals surface area (Å²) in [7, 11) is 0. The number of rotatable bonds is 5. The SMILES string of the molecule is Cc1ccc(-c2nnc(C(C)OC(=O)c3ccc4c(=O)n(-c5ccccc5)c(=O)[nH]c4c3)o2)cc1C. The first kappa shape index (κ1) is 23.0. The quantitative estimate of drug-likeness (QED) is 0.372. The fourth-order valence-electron chi connectivity index (χ4n) is 3.83. The van der Waals surface area contributed by atoms with Crippen molar-refractivity contribution in [2.75, 3.05) is 0 Å². The monoisotopic (exact) mass is 482 g/mol. The lowest BCUT2D eigenvalue weighted by Gasteiger charge is -2.10. The standard InChI is InChI=1S/C27H22N4O5/c1-15-9-10-18(13-16(15)2)24-30-29-23(36-24)17(3)35-26(33)19-11-12-21-22(14-19)28-27(34)31(25(21)32)20-7-5-4-6-8-20/h4-14,17H,1-3H3,(H,28,34). The number of nitrogens with zero attached hydrogens (tertiary/aromatic N) is 3. The van der Waals surface area contributed by atoms with Gasteiger partial charge in [-0.3, -0.25) is 4.79 Å². The summed E-state index contributed by atoms with van der Waals surface area (Å²) in [5, 5.41) is 8.35. The average Bonchev–Trinajstić information content (AvgIpc) is 3.36. The van der Waals surface area contributed by atoms with E-state index in [-0.39, 0.29) is 22.4 Å². The van der Waals surface area contributed by atoms with Crippen molar-refractivity contribution in [3.05, 3.63) is 110 Å². The van der Waals surface area contributed by atoms with Gasteiger partial charge in [0.05, 0.1) is 22.2 Å². The van der Waals surface area contributed by atoms with Gasteiger partial charge in [-0.2, -0.15) is 0 Å². The number of esters is 1. The van der Waals surface area contributed by atoms with Gasteiger partial charge in [-0.1, -0.05) is 24.3 Å². The number of benzene rings is 3. The van der Waals surface area contributed by atoms with E-state index in [1.807, 2.05) is 32.0 Å². The smallest absolute Gasteiger partial charge is 0.338 e. The van der Waals surface area contributed by atoms with Gasteiger partial charge >= 0.3 is 11.7 Å². The Bertz CT molecular complexity index is 1720. The van der Waals surface area contributed by atoms with Crippen LogP contribution in [-0.4, -0.2) is 25.7 Å². The molecule has 180 valence electrons. The number of aromatic amines is 1. The second kappa shape index (κ2) is 9.10. The minimum Gasteiger partial charge on any atom is -0.449 e. The zero-order valence-corrected chi connectivity index (χ0v) is 19.8. The van der Waals surface area contributed by atoms with Gasteiger partial charge in [-0.05, 0) is 74.4 Å². The van der Waals surface area contributed by atoms with E-state index in [9.17, 15) is 14.4 Å². The molecule has 0 aliphatic rings. The van der Waals surface area contributed by atoms with Gasteiger partial charge in [0.25, 0.3) is 11.4 Å². The summed E-state index contributed by atoms with van der Waals surface area (Å²) in [5.41, 5.74) is 2.76. The van der Waals surface area contributed by atoms with Crippen molar-refractivity contribution in [1.82, 2.24) is 19.7 Å². The molecule has 0 saturated carbocycles. The molecule has 0 aliphatic carbocycles. The van der Waals surface area contributed by atoms with Gasteiger partial charge < -0.3 is 14.1 Å². The lowest BCUT2D eigenvalue weighted by atomic mass is 10.1. The molecule has 5 rings (SSSR count). The Balaban J connectivity index is 1.38. The van der Waals surface area contributed by atoms with Crippen LogP contribution in [-0.2, 0) is 4.74 Å². The Morgan fingerprint density at radius 1 is 0.972 bits per heavy atom. The molecular weight excluding hydrogens is 460 g/mol. The molecule has 0 amide bonds. The molecule has 9 nitrogen and oxygen atoms in total. The second-order valence-corrected chi connectivity index (χ2v) is 8.46. The molecule has 36 heavy (non-hydrogen) atoms. The number of fused-ring (bicyclic) bond motifs is 1. The number of hydrogen-bond donors (Lipinski definition) is 1. The van der Waals surface area contributed by atoms with Gasteiger partial charge in [0, 0.05) is 5.56 Å². The highest BCUT2D eigenvalue weighted by molar-refractivity contribution is 5.94. The Kier molecular flexibility index (Phi) is 5.81. The summed E-state index contributed by atoms with van der Waals surface area (Å²) in [5.74, 6) is -0.186. The van der Waals surface area contributed by atoms with Gasteiger partial charge in [0.15, 0.2) is 6.10 Å². The molecule has 5 aromatic rings. The third-order valence-electron chi connectivity index (χ3n) is 5.97. The van der Waals surface area contributed by atoms with Gasteiger partial charge in [-0.25, -0.2) is 14.2 Å². The second-order valence-electron chi connectivity index (χ2n) is 8.46. The van der Waals surface area contributed by atoms with Crippen LogP contribution in [0.2, 0.25) is 0 Å². The molecular formula is C27H22N4O5. The topological polar surface area (TPSA) is 120 Å². The number of para-hydroxylation sites is 1. The number of nitrogens with one attached hydrogen (secondary N) is 1. The molecule has 0 saturated heterocycles. The van der Waals surface area contributed by atoms with Gasteiger partial charge in [0.2, 0.25) is 5.89 Å². The Hall–Kier alpha value is -4.79. The minimum absolute atomic E-state index is 0.150. The molecule has 1 atom stereocenters. The highest BCUT2D eigenvalue weighted by Gasteiger charge is 2.21. The van der Waals surface area contributed by atoms with Crippen LogP contribution in [0.15, 0.2) is 80.7 Å². The third kappa shape index (κ3) is 4.22. The summed E-state index contributed by atoms with van der Waals surface area (Å²) in [6.07, 6.45) is -0.814. The number of carbonyl (C=O) groups is 1. The van der Waals surface area contributed by atoms with E-state index in [4.69, 9.17) is 9.15 Å². The van der Waals surface area contributed by atoms with E-state index in [0.717, 1.165) is 21.3 Å². The molecule has 3 aromatic carbocycles. The van der Waals surface area contributed by atoms with Crippen molar-refractivity contribution in [3.63, 3.8) is 0 Å². The highest BCUT2D eigenvalue weighted by atomic mass is 16.6. The van der Waals surface area contributed by atoms with Crippen molar-refractivity contribution < 1.29 is 13.9 Å². The zero-order valence-electron chi connectivity index (χ0n) is 19.8. The largest absolute Gasteiger partial charge is 0.449 e. The number of H-pyrrole nitrogens is 1. The molecule has 2 heterocycles. The summed E-state index contributed by atoms with van der Waals surface area (Å²) >= 11 is 0. The molecule has 0 spiro atoms. The Labute approximate surface area is 205 Å². The molecule has 0 radical (unpaired) electrons. The van der Waals surface area contributed by atoms with Crippen LogP contribution in [0.1, 0.15) is 40.4 Å². The molecule has 0 bridgehead atoms. The van der Waals surface area contributed by atoms with E-state index < -0.39 is 23.3 Å². The van der Waals surface area contributed by atoms with Crippen LogP contribution in [0.3, 0.4) is 0 Å². The van der Waals surface area contributed by atoms with Crippen LogP contribution >= 0.6 is 0 Å². The summed E-state index contributed by atoms with van der Waals surface area (Å²) in [6.45, 7) is 5.63. The first-order valence-corrected chi connectivity index (χ1v) is 11.3. The minimum atomic E-state index is -0.814. The van der Waals surface area contributed by atoms with E-state index in [1.165, 1.54) is 18.2 Å². The van der Waals surface area contributed by atoms with Crippen LogP contribution in [0.4, 0.5) is 0 Å². The van der Waals surface area contributed by atoms with Crippen LogP contribution in [0.5, 0.6) is 0 Å². The van der Waals surface area contributed by atoms with Crippen LogP contribution in [0, 0.1) is 13.8 Å². The van der Waals surface area contributed by atoms with Crippen molar-refractivity contribution in [3.8, 4) is 17.1 Å². The summed E-state index contributed by atoms with van der Waals surface area (Å²) < 4.78 is 12.3. The summed E-state index contributed by atoms with van der Waals surface area (Å²) in [6, 6.07) is 18.8. The van der Waals surface area contributed by atoms with E-state index in [2.05, 4.69) is 15.2 Å². The van der Waals surface area contributed by atoms with E-state index in [1.54, 1.807) is 37.3 Å². The number of hydrogen-bond acceptors (Lipinski definition) is 7. The Morgan fingerprint density at radius 3 is 2.50 bits per heavy atom. The molecule has 9 heteroatoms. The molecule has 0 aliphatic heterocycles. The van der Waals surface area contributed by atoms with Crippen molar-refractivity contribution >= 4 is 16.9 Å². The summed E-state index contributed by atoms with van der Waals surface area (Å²) in [4.78, 5) is 41.0. The van der Waals surface area contributed by atoms with Crippen molar-refractivity contribution in [2.45, 2.75) is 26.9 Å². The van der Waals surface area contributed by atoms with Gasteiger partial charge in [0.1, 0.15) is 0 Å².